The van der Waals surface area contributed by atoms with Crippen LogP contribution in [0.15, 0.2) is 0 Å². The second-order valence-electron chi connectivity index (χ2n) is 4.92. The molecular weight excluding hydrogens is 212 g/mol. The second-order valence-corrected chi connectivity index (χ2v) is 4.92. The molecule has 104 valence electrons. The fourth-order valence-electron chi connectivity index (χ4n) is 1.88. The van der Waals surface area contributed by atoms with Gasteiger partial charge in [0.2, 0.25) is 0 Å². The molecule has 0 aliphatic carbocycles. The predicted molar refractivity (Wildman–Crippen MR) is 75.5 cm³/mol. The Morgan fingerprint density at radius 3 is 2.59 bits per heavy atom. The Labute approximate surface area is 108 Å². The van der Waals surface area contributed by atoms with Gasteiger partial charge in [0.15, 0.2) is 0 Å². The number of nitrogens with one attached hydrogen (secondary N) is 1. The Kier molecular flexibility index (Phi) is 12.3. The lowest BCUT2D eigenvalue weighted by molar-refractivity contribution is 0.161. The lowest BCUT2D eigenvalue weighted by Crippen LogP contribution is -2.33. The third-order valence-electron chi connectivity index (χ3n) is 3.32. The summed E-state index contributed by atoms with van der Waals surface area (Å²) in [6.45, 7) is 9.78. The molecule has 17 heavy (non-hydrogen) atoms. The van der Waals surface area contributed by atoms with Gasteiger partial charge in [-0.15, -0.1) is 0 Å². The van der Waals surface area contributed by atoms with Crippen molar-refractivity contribution in [3.8, 4) is 0 Å². The van der Waals surface area contributed by atoms with E-state index in [1.54, 1.807) is 7.11 Å². The van der Waals surface area contributed by atoms with E-state index in [4.69, 9.17) is 4.74 Å². The lowest BCUT2D eigenvalue weighted by atomic mass is 9.99. The average molecular weight is 244 g/mol. The van der Waals surface area contributed by atoms with Crippen molar-refractivity contribution in [3.05, 3.63) is 0 Å². The van der Waals surface area contributed by atoms with Crippen molar-refractivity contribution in [2.75, 3.05) is 46.9 Å². The number of hydrogen-bond donors (Lipinski definition) is 1. The molecule has 0 aliphatic heterocycles. The van der Waals surface area contributed by atoms with Crippen LogP contribution >= 0.6 is 0 Å². The van der Waals surface area contributed by atoms with Crippen molar-refractivity contribution in [3.63, 3.8) is 0 Å². The third-order valence-corrected chi connectivity index (χ3v) is 3.32. The highest BCUT2D eigenvalue weighted by Gasteiger charge is 2.05. The molecule has 0 amide bonds. The summed E-state index contributed by atoms with van der Waals surface area (Å²) in [6.07, 6.45) is 5.36. The summed E-state index contributed by atoms with van der Waals surface area (Å²) >= 11 is 0. The largest absolute Gasteiger partial charge is 0.383 e. The molecule has 0 radical (unpaired) electrons. The molecule has 0 fully saturated rings. The Morgan fingerprint density at radius 1 is 1.24 bits per heavy atom. The van der Waals surface area contributed by atoms with Crippen LogP contribution in [0.5, 0.6) is 0 Å². The molecule has 0 saturated heterocycles. The fourth-order valence-corrected chi connectivity index (χ4v) is 1.88. The van der Waals surface area contributed by atoms with Crippen LogP contribution in [0.1, 0.15) is 39.5 Å². The normalized spacial score (nSPS) is 13.2. The molecule has 0 spiro atoms. The van der Waals surface area contributed by atoms with Gasteiger partial charge < -0.3 is 15.0 Å². The summed E-state index contributed by atoms with van der Waals surface area (Å²) in [4.78, 5) is 2.31. The fraction of sp³-hybridized carbons (Fsp3) is 1.00. The zero-order valence-corrected chi connectivity index (χ0v) is 12.3. The topological polar surface area (TPSA) is 24.5 Å². The van der Waals surface area contributed by atoms with E-state index in [2.05, 4.69) is 31.1 Å². The molecular formula is C14H32N2O. The molecule has 0 heterocycles. The molecule has 1 N–H and O–H groups in total. The van der Waals surface area contributed by atoms with Gasteiger partial charge in [0, 0.05) is 26.7 Å². The molecule has 0 bridgehead atoms. The number of methoxy groups -OCH3 is 1. The van der Waals surface area contributed by atoms with E-state index in [9.17, 15) is 0 Å². The van der Waals surface area contributed by atoms with Crippen molar-refractivity contribution >= 4 is 0 Å². The third kappa shape index (κ3) is 10.7. The van der Waals surface area contributed by atoms with Crippen LogP contribution in [0.3, 0.4) is 0 Å². The minimum atomic E-state index is 0.824. The highest BCUT2D eigenvalue weighted by Crippen LogP contribution is 2.10. The first-order valence-electron chi connectivity index (χ1n) is 7.12. The van der Waals surface area contributed by atoms with E-state index in [0.717, 1.165) is 32.2 Å². The van der Waals surface area contributed by atoms with Crippen LogP contribution in [0.2, 0.25) is 0 Å². The number of likely N-dealkylation sites (N-methyl/N-ethyl adjacent to an activating group) is 1. The van der Waals surface area contributed by atoms with Gasteiger partial charge in [-0.1, -0.05) is 33.1 Å². The zero-order chi connectivity index (χ0) is 12.9. The van der Waals surface area contributed by atoms with Crippen molar-refractivity contribution in [1.29, 1.82) is 0 Å². The summed E-state index contributed by atoms with van der Waals surface area (Å²) in [6, 6.07) is 0. The lowest BCUT2D eigenvalue weighted by Gasteiger charge is -2.18. The van der Waals surface area contributed by atoms with Gasteiger partial charge in [0.1, 0.15) is 0 Å². The maximum atomic E-state index is 5.06. The van der Waals surface area contributed by atoms with Crippen LogP contribution in [0, 0.1) is 5.92 Å². The van der Waals surface area contributed by atoms with Crippen molar-refractivity contribution < 1.29 is 4.74 Å². The van der Waals surface area contributed by atoms with E-state index in [0.29, 0.717) is 0 Å². The molecule has 1 atom stereocenters. The van der Waals surface area contributed by atoms with Gasteiger partial charge in [0.25, 0.3) is 0 Å². The molecule has 0 saturated carbocycles. The minimum absolute atomic E-state index is 0.824. The van der Waals surface area contributed by atoms with E-state index >= 15 is 0 Å². The van der Waals surface area contributed by atoms with Gasteiger partial charge in [-0.25, -0.2) is 0 Å². The summed E-state index contributed by atoms with van der Waals surface area (Å²) in [7, 11) is 3.90. The van der Waals surface area contributed by atoms with Crippen LogP contribution in [0.4, 0.5) is 0 Å². The quantitative estimate of drug-likeness (QED) is 0.533. The molecule has 0 aliphatic rings. The highest BCUT2D eigenvalue weighted by molar-refractivity contribution is 4.62. The predicted octanol–water partition coefficient (Wildman–Crippen LogP) is 2.37. The Hall–Kier alpha value is -0.120. The monoisotopic (exact) mass is 244 g/mol. The number of ether oxygens (including phenoxy) is 1. The zero-order valence-electron chi connectivity index (χ0n) is 12.3. The first-order chi connectivity index (χ1) is 8.24. The molecule has 3 nitrogen and oxygen atoms in total. The average Bonchev–Trinajstić information content (AvgIpc) is 2.35. The maximum Gasteiger partial charge on any atom is 0.0589 e. The van der Waals surface area contributed by atoms with Crippen molar-refractivity contribution in [2.24, 2.45) is 5.92 Å². The second kappa shape index (κ2) is 12.3. The molecule has 1 unspecified atom stereocenters. The number of hydrogen-bond acceptors (Lipinski definition) is 3. The van der Waals surface area contributed by atoms with Crippen LogP contribution in [-0.2, 0) is 4.74 Å². The van der Waals surface area contributed by atoms with Crippen molar-refractivity contribution in [2.45, 2.75) is 39.5 Å². The van der Waals surface area contributed by atoms with E-state index < -0.39 is 0 Å². The number of nitrogens with zero attached hydrogens (tertiary/aromatic N) is 1. The smallest absolute Gasteiger partial charge is 0.0589 e. The van der Waals surface area contributed by atoms with Crippen molar-refractivity contribution in [1.82, 2.24) is 10.2 Å². The molecule has 3 heteroatoms. The molecule has 0 aromatic heterocycles. The van der Waals surface area contributed by atoms with E-state index in [1.807, 2.05) is 0 Å². The highest BCUT2D eigenvalue weighted by atomic mass is 16.5. The number of unbranched alkanes of at least 4 members (excludes halogenated alkanes) is 1. The van der Waals surface area contributed by atoms with Crippen LogP contribution in [0.25, 0.3) is 0 Å². The molecule has 0 aromatic rings. The van der Waals surface area contributed by atoms with Gasteiger partial charge in [-0.2, -0.15) is 0 Å². The first kappa shape index (κ1) is 16.9. The summed E-state index contributed by atoms with van der Waals surface area (Å²) < 4.78 is 5.06. The van der Waals surface area contributed by atoms with E-state index in [-0.39, 0.29) is 0 Å². The molecule has 0 rings (SSSR count). The van der Waals surface area contributed by atoms with Crippen LogP contribution in [-0.4, -0.2) is 51.8 Å². The van der Waals surface area contributed by atoms with Gasteiger partial charge in [-0.05, 0) is 25.9 Å². The SMILES string of the molecule is CCCCC(CC)CNCCN(C)CCOC. The summed E-state index contributed by atoms with van der Waals surface area (Å²) in [5.41, 5.74) is 0. The summed E-state index contributed by atoms with van der Waals surface area (Å²) in [5.74, 6) is 0.860. The van der Waals surface area contributed by atoms with Gasteiger partial charge in [-0.3, -0.25) is 0 Å². The first-order valence-corrected chi connectivity index (χ1v) is 7.12. The maximum absolute atomic E-state index is 5.06. The van der Waals surface area contributed by atoms with E-state index in [1.165, 1.54) is 32.2 Å². The standard InChI is InChI=1S/C14H32N2O/c1-5-7-8-14(6-2)13-15-9-10-16(3)11-12-17-4/h14-15H,5-13H2,1-4H3. The van der Waals surface area contributed by atoms with Gasteiger partial charge in [0.05, 0.1) is 6.61 Å². The van der Waals surface area contributed by atoms with Crippen LogP contribution < -0.4 is 5.32 Å². The Balaban J connectivity index is 3.40. The Morgan fingerprint density at radius 2 is 2.00 bits per heavy atom. The van der Waals surface area contributed by atoms with Gasteiger partial charge >= 0.3 is 0 Å². The Bertz CT molecular complexity index is 153. The minimum Gasteiger partial charge on any atom is -0.383 e. The molecule has 0 aromatic carbocycles. The number of rotatable bonds is 12. The summed E-state index contributed by atoms with van der Waals surface area (Å²) in [5, 5.41) is 3.57.